The zero-order valence-electron chi connectivity index (χ0n) is 24.6. The Kier molecular flexibility index (Phi) is 7.92. The molecule has 2 atom stereocenters. The predicted octanol–water partition coefficient (Wildman–Crippen LogP) is 2.99. The number of anilines is 1. The average molecular weight is 599 g/mol. The Morgan fingerprint density at radius 2 is 1.95 bits per heavy atom. The van der Waals surface area contributed by atoms with Crippen molar-refractivity contribution in [2.45, 2.75) is 45.0 Å². The highest BCUT2D eigenvalue weighted by Crippen LogP contribution is 2.42. The molecule has 12 nitrogen and oxygen atoms in total. The van der Waals surface area contributed by atoms with Crippen LogP contribution < -0.4 is 20.5 Å². The lowest BCUT2D eigenvalue weighted by atomic mass is 10.0. The van der Waals surface area contributed by atoms with Crippen molar-refractivity contribution in [3.8, 4) is 11.5 Å². The predicted molar refractivity (Wildman–Crippen MR) is 160 cm³/mol. The van der Waals surface area contributed by atoms with E-state index in [9.17, 15) is 14.4 Å². The van der Waals surface area contributed by atoms with Crippen molar-refractivity contribution in [3.05, 3.63) is 83.8 Å². The molecule has 0 radical (unpaired) electrons. The number of benzene rings is 2. The molecule has 1 unspecified atom stereocenters. The number of likely N-dealkylation sites (tertiary alicyclic amines) is 1. The largest absolute Gasteiger partial charge is 0.487 e. The van der Waals surface area contributed by atoms with Crippen LogP contribution in [0.25, 0.3) is 5.65 Å². The first-order valence-electron chi connectivity index (χ1n) is 14.5. The van der Waals surface area contributed by atoms with Crippen molar-refractivity contribution in [2.75, 3.05) is 25.0 Å². The summed E-state index contributed by atoms with van der Waals surface area (Å²) in [6.45, 7) is 4.95. The van der Waals surface area contributed by atoms with Crippen molar-refractivity contribution >= 4 is 29.1 Å². The zero-order valence-corrected chi connectivity index (χ0v) is 24.6. The summed E-state index contributed by atoms with van der Waals surface area (Å²) in [6.07, 6.45) is 5.01. The van der Waals surface area contributed by atoms with E-state index in [1.165, 1.54) is 10.7 Å². The van der Waals surface area contributed by atoms with Crippen LogP contribution in [0.3, 0.4) is 0 Å². The van der Waals surface area contributed by atoms with Gasteiger partial charge in [-0.1, -0.05) is 30.3 Å². The van der Waals surface area contributed by atoms with Gasteiger partial charge in [0.2, 0.25) is 5.91 Å². The second-order valence-electron chi connectivity index (χ2n) is 11.8. The third-order valence-electron chi connectivity index (χ3n) is 7.72. The van der Waals surface area contributed by atoms with Gasteiger partial charge in [-0.3, -0.25) is 19.3 Å². The number of aromatic nitrogens is 3. The monoisotopic (exact) mass is 598 g/mol. The van der Waals surface area contributed by atoms with Crippen LogP contribution in [0.5, 0.6) is 11.5 Å². The Balaban J connectivity index is 1.25. The molecular weight excluding hydrogens is 564 g/mol. The number of carbonyl (C=O) groups excluding carboxylic acids is 3. The summed E-state index contributed by atoms with van der Waals surface area (Å²) in [5.41, 5.74) is 8.06. The van der Waals surface area contributed by atoms with Gasteiger partial charge in [0, 0.05) is 49.5 Å². The molecule has 44 heavy (non-hydrogen) atoms. The maximum absolute atomic E-state index is 13.5. The molecule has 1 saturated heterocycles. The first-order chi connectivity index (χ1) is 21.1. The van der Waals surface area contributed by atoms with Crippen molar-refractivity contribution in [2.24, 2.45) is 11.7 Å². The summed E-state index contributed by atoms with van der Waals surface area (Å²) >= 11 is 0. The molecule has 2 aliphatic heterocycles. The van der Waals surface area contributed by atoms with E-state index < -0.39 is 23.5 Å². The fourth-order valence-corrected chi connectivity index (χ4v) is 5.78. The molecule has 4 aromatic rings. The Labute approximate surface area is 254 Å². The van der Waals surface area contributed by atoms with Crippen LogP contribution in [0.1, 0.15) is 41.8 Å². The van der Waals surface area contributed by atoms with Crippen LogP contribution in [0.4, 0.5) is 5.69 Å². The second-order valence-corrected chi connectivity index (χ2v) is 11.8. The number of fused-ring (bicyclic) bond motifs is 2. The van der Waals surface area contributed by atoms with E-state index in [-0.39, 0.29) is 31.5 Å². The summed E-state index contributed by atoms with van der Waals surface area (Å²) in [4.78, 5) is 44.3. The van der Waals surface area contributed by atoms with Gasteiger partial charge in [-0.15, -0.1) is 0 Å². The minimum Gasteiger partial charge on any atom is -0.487 e. The number of carbonyl (C=O) groups is 3. The number of primary amides is 1. The van der Waals surface area contributed by atoms with Crippen LogP contribution in [-0.4, -0.2) is 68.6 Å². The Morgan fingerprint density at radius 3 is 2.75 bits per heavy atom. The van der Waals surface area contributed by atoms with E-state index in [0.29, 0.717) is 47.9 Å². The molecule has 4 heterocycles. The molecule has 0 aliphatic carbocycles. The minimum absolute atomic E-state index is 0.0300. The normalized spacial score (nSPS) is 18.9. The van der Waals surface area contributed by atoms with Gasteiger partial charge in [0.05, 0.1) is 24.8 Å². The molecule has 2 aromatic carbocycles. The fraction of sp³-hybridized carbons (Fsp3) is 0.344. The van der Waals surface area contributed by atoms with Crippen LogP contribution in [-0.2, 0) is 27.4 Å². The lowest BCUT2D eigenvalue weighted by molar-refractivity contribution is -0.146. The van der Waals surface area contributed by atoms with Crippen molar-refractivity contribution < 1.29 is 28.6 Å². The molecule has 12 heteroatoms. The Bertz CT molecular complexity index is 1700. The van der Waals surface area contributed by atoms with E-state index in [4.69, 9.17) is 19.9 Å². The fourth-order valence-electron chi connectivity index (χ4n) is 5.78. The number of nitrogens with one attached hydrogen (secondary N) is 1. The highest BCUT2D eigenvalue weighted by Gasteiger charge is 2.38. The van der Waals surface area contributed by atoms with E-state index in [0.717, 1.165) is 11.1 Å². The van der Waals surface area contributed by atoms with Crippen LogP contribution in [0.15, 0.2) is 67.1 Å². The van der Waals surface area contributed by atoms with Gasteiger partial charge in [0.1, 0.15) is 35.4 Å². The van der Waals surface area contributed by atoms with Gasteiger partial charge < -0.3 is 25.3 Å². The van der Waals surface area contributed by atoms with E-state index in [2.05, 4.69) is 15.4 Å². The van der Waals surface area contributed by atoms with Gasteiger partial charge in [0.15, 0.2) is 5.65 Å². The van der Waals surface area contributed by atoms with Crippen LogP contribution >= 0.6 is 0 Å². The van der Waals surface area contributed by atoms with E-state index >= 15 is 0 Å². The zero-order chi connectivity index (χ0) is 30.8. The number of hydrogen-bond acceptors (Lipinski definition) is 9. The number of ether oxygens (including phenoxy) is 3. The quantitative estimate of drug-likeness (QED) is 0.263. The average Bonchev–Trinajstić information content (AvgIpc) is 3.66. The summed E-state index contributed by atoms with van der Waals surface area (Å²) < 4.78 is 19.8. The van der Waals surface area contributed by atoms with Gasteiger partial charge in [-0.2, -0.15) is 5.10 Å². The summed E-state index contributed by atoms with van der Waals surface area (Å²) in [5.74, 6) is -0.500. The molecule has 1 fully saturated rings. The lowest BCUT2D eigenvalue weighted by Gasteiger charge is -2.22. The molecule has 0 bridgehead atoms. The smallest absolute Gasteiger partial charge is 0.306 e. The SMILES string of the molecule is CC1(C)Cc2cc(NC(=O)c3cnn4cccnc34)c(OC3CN(CC(N)=O)C[C@H]3CC(=O)OCc3ccccc3)cc2O1. The summed E-state index contributed by atoms with van der Waals surface area (Å²) in [5, 5.41) is 7.20. The topological polar surface area (TPSA) is 150 Å². The van der Waals surface area contributed by atoms with Gasteiger partial charge in [0.25, 0.3) is 5.91 Å². The third-order valence-corrected chi connectivity index (χ3v) is 7.72. The number of hydrogen-bond donors (Lipinski definition) is 2. The number of rotatable bonds is 10. The number of esters is 1. The number of nitrogens with zero attached hydrogens (tertiary/aromatic N) is 4. The van der Waals surface area contributed by atoms with Crippen molar-refractivity contribution in [1.29, 1.82) is 0 Å². The van der Waals surface area contributed by atoms with Crippen LogP contribution in [0, 0.1) is 5.92 Å². The highest BCUT2D eigenvalue weighted by molar-refractivity contribution is 6.08. The van der Waals surface area contributed by atoms with Crippen molar-refractivity contribution in [1.82, 2.24) is 19.5 Å². The number of nitrogens with two attached hydrogens (primary N) is 1. The molecule has 2 amide bonds. The minimum atomic E-state index is -0.500. The number of amides is 2. The molecule has 0 spiro atoms. The third kappa shape index (κ3) is 6.50. The standard InChI is InChI=1S/C32H34N6O6/c1-32(2)14-21-11-24(36-31(41)23-15-35-38-10-6-9-34-30(23)38)26(13-25(21)44-32)43-27-17-37(18-28(33)39)16-22(27)12-29(40)42-19-20-7-4-3-5-8-20/h3-11,13,15,22,27H,12,14,16-19H2,1-2H3,(H2,33,39)(H,36,41)/t22-,27?/m1/s1. The molecule has 0 saturated carbocycles. The molecule has 2 aliphatic rings. The Hall–Kier alpha value is -4.97. The first kappa shape index (κ1) is 29.1. The first-order valence-corrected chi connectivity index (χ1v) is 14.5. The molecule has 2 aromatic heterocycles. The van der Waals surface area contributed by atoms with Gasteiger partial charge in [-0.05, 0) is 31.5 Å². The second kappa shape index (κ2) is 12.0. The molecular formula is C32H34N6O6. The molecule has 228 valence electrons. The lowest BCUT2D eigenvalue weighted by Crippen LogP contribution is -2.33. The maximum atomic E-state index is 13.5. The molecule has 3 N–H and O–H groups in total. The van der Waals surface area contributed by atoms with Gasteiger partial charge >= 0.3 is 5.97 Å². The molecule has 6 rings (SSSR count). The summed E-state index contributed by atoms with van der Waals surface area (Å²) in [7, 11) is 0. The Morgan fingerprint density at radius 1 is 1.14 bits per heavy atom. The van der Waals surface area contributed by atoms with Gasteiger partial charge in [-0.25, -0.2) is 9.50 Å². The van der Waals surface area contributed by atoms with Crippen molar-refractivity contribution in [3.63, 3.8) is 0 Å². The summed E-state index contributed by atoms with van der Waals surface area (Å²) in [6, 6.07) is 14.8. The maximum Gasteiger partial charge on any atom is 0.306 e. The van der Waals surface area contributed by atoms with Crippen LogP contribution in [0.2, 0.25) is 0 Å². The van der Waals surface area contributed by atoms with E-state index in [1.54, 1.807) is 24.5 Å². The highest BCUT2D eigenvalue weighted by atomic mass is 16.5. The van der Waals surface area contributed by atoms with E-state index in [1.807, 2.05) is 55.1 Å².